The molecule has 2 aliphatic rings. The van der Waals surface area contributed by atoms with Gasteiger partial charge >= 0.3 is 0 Å². The van der Waals surface area contributed by atoms with E-state index in [1.54, 1.807) is 6.08 Å². The number of fused-ring (bicyclic) bond motifs is 1. The summed E-state index contributed by atoms with van der Waals surface area (Å²) in [6.45, 7) is 0.00692. The summed E-state index contributed by atoms with van der Waals surface area (Å²) < 4.78 is 0. The molecule has 2 N–H and O–H groups in total. The van der Waals surface area contributed by atoms with Gasteiger partial charge in [0.25, 0.3) is 0 Å². The number of rotatable bonds is 2. The van der Waals surface area contributed by atoms with Crippen LogP contribution in [0.2, 0.25) is 0 Å². The lowest BCUT2D eigenvalue weighted by Crippen LogP contribution is -2.32. The second-order valence-electron chi connectivity index (χ2n) is 3.22. The van der Waals surface area contributed by atoms with E-state index in [0.29, 0.717) is 0 Å². The maximum Gasteiger partial charge on any atom is 0.148 e. The summed E-state index contributed by atoms with van der Waals surface area (Å²) in [6.07, 6.45) is 8.52. The van der Waals surface area contributed by atoms with Gasteiger partial charge in [0, 0.05) is 17.2 Å². The summed E-state index contributed by atoms with van der Waals surface area (Å²) in [7, 11) is 0. The normalized spacial score (nSPS) is 30.2. The summed E-state index contributed by atoms with van der Waals surface area (Å²) in [5, 5.41) is 12.0. The lowest BCUT2D eigenvalue weighted by molar-refractivity contribution is -0.105. The van der Waals surface area contributed by atoms with E-state index < -0.39 is 0 Å². The molecule has 0 fully saturated rings. The summed E-state index contributed by atoms with van der Waals surface area (Å²) in [6, 6.07) is 0.0321. The highest BCUT2D eigenvalue weighted by Gasteiger charge is 2.28. The number of aldehydes is 1. The highest BCUT2D eigenvalue weighted by atomic mass is 16.3. The van der Waals surface area contributed by atoms with Crippen molar-refractivity contribution in [1.29, 1.82) is 0 Å². The van der Waals surface area contributed by atoms with Crippen LogP contribution < -0.4 is 5.32 Å². The number of aliphatic hydroxyl groups excluding tert-OH is 1. The van der Waals surface area contributed by atoms with Crippen molar-refractivity contribution in [1.82, 2.24) is 5.32 Å². The Hall–Kier alpha value is -1.35. The zero-order valence-corrected chi connectivity index (χ0v) is 7.10. The molecule has 0 amide bonds. The minimum Gasteiger partial charge on any atom is -0.390 e. The maximum atomic E-state index is 10.7. The van der Waals surface area contributed by atoms with E-state index in [-0.39, 0.29) is 18.6 Å². The fourth-order valence-electron chi connectivity index (χ4n) is 1.75. The Labute approximate surface area is 76.4 Å². The number of aliphatic hydroxyl groups is 1. The SMILES string of the molecule is O=CC1=CC=CC2C=C(CO)NC12. The zero-order chi connectivity index (χ0) is 9.26. The van der Waals surface area contributed by atoms with Crippen molar-refractivity contribution in [2.45, 2.75) is 6.04 Å². The predicted octanol–water partition coefficient (Wildman–Crippen LogP) is 0.146. The lowest BCUT2D eigenvalue weighted by Gasteiger charge is -2.20. The van der Waals surface area contributed by atoms with Crippen molar-refractivity contribution in [2.24, 2.45) is 5.92 Å². The molecule has 2 rings (SSSR count). The first-order chi connectivity index (χ1) is 6.35. The minimum atomic E-state index is 0.00692. The molecule has 0 saturated heterocycles. The highest BCUT2D eigenvalue weighted by molar-refractivity contribution is 5.77. The van der Waals surface area contributed by atoms with Crippen LogP contribution in [0.5, 0.6) is 0 Å². The fraction of sp³-hybridized carbons (Fsp3) is 0.300. The van der Waals surface area contributed by atoms with E-state index in [1.807, 2.05) is 18.2 Å². The number of carbonyl (C=O) groups is 1. The maximum absolute atomic E-state index is 10.7. The van der Waals surface area contributed by atoms with E-state index in [1.165, 1.54) is 0 Å². The molecule has 3 nitrogen and oxygen atoms in total. The molecule has 1 aliphatic carbocycles. The third-order valence-electron chi connectivity index (χ3n) is 2.41. The largest absolute Gasteiger partial charge is 0.390 e. The average molecular weight is 177 g/mol. The molecular weight excluding hydrogens is 166 g/mol. The van der Waals surface area contributed by atoms with Gasteiger partial charge in [0.2, 0.25) is 0 Å². The molecule has 68 valence electrons. The molecule has 0 aromatic carbocycles. The van der Waals surface area contributed by atoms with E-state index in [4.69, 9.17) is 5.11 Å². The van der Waals surface area contributed by atoms with Crippen LogP contribution in [-0.2, 0) is 4.79 Å². The molecule has 0 saturated carbocycles. The smallest absolute Gasteiger partial charge is 0.148 e. The zero-order valence-electron chi connectivity index (χ0n) is 7.10. The third-order valence-corrected chi connectivity index (χ3v) is 2.41. The molecule has 0 spiro atoms. The van der Waals surface area contributed by atoms with Crippen molar-refractivity contribution >= 4 is 6.29 Å². The van der Waals surface area contributed by atoms with Crippen molar-refractivity contribution in [3.63, 3.8) is 0 Å². The molecule has 1 heterocycles. The molecule has 13 heavy (non-hydrogen) atoms. The number of allylic oxidation sites excluding steroid dienone is 2. The Balaban J connectivity index is 2.23. The summed E-state index contributed by atoms with van der Waals surface area (Å²) in [5.41, 5.74) is 1.54. The molecule has 1 aliphatic heterocycles. The first-order valence-corrected chi connectivity index (χ1v) is 4.27. The molecular formula is C10H11NO2. The van der Waals surface area contributed by atoms with Crippen LogP contribution in [0.1, 0.15) is 0 Å². The molecule has 0 bridgehead atoms. The van der Waals surface area contributed by atoms with Crippen LogP contribution in [0.4, 0.5) is 0 Å². The Bertz CT molecular complexity index is 315. The van der Waals surface area contributed by atoms with Gasteiger partial charge in [0.1, 0.15) is 6.29 Å². The van der Waals surface area contributed by atoms with E-state index in [0.717, 1.165) is 17.6 Å². The molecule has 0 aromatic rings. The minimum absolute atomic E-state index is 0.00692. The van der Waals surface area contributed by atoms with Gasteiger partial charge in [0.05, 0.1) is 12.6 Å². The van der Waals surface area contributed by atoms with Gasteiger partial charge in [-0.2, -0.15) is 0 Å². The van der Waals surface area contributed by atoms with Crippen LogP contribution >= 0.6 is 0 Å². The van der Waals surface area contributed by atoms with Gasteiger partial charge < -0.3 is 10.4 Å². The predicted molar refractivity (Wildman–Crippen MR) is 48.9 cm³/mol. The van der Waals surface area contributed by atoms with Gasteiger partial charge in [-0.1, -0.05) is 24.3 Å². The Morgan fingerprint density at radius 1 is 1.62 bits per heavy atom. The number of hydrogen-bond acceptors (Lipinski definition) is 3. The first-order valence-electron chi connectivity index (χ1n) is 4.27. The second kappa shape index (κ2) is 3.18. The quantitative estimate of drug-likeness (QED) is 0.590. The van der Waals surface area contributed by atoms with Crippen LogP contribution in [0.25, 0.3) is 0 Å². The summed E-state index contributed by atoms with van der Waals surface area (Å²) in [5.74, 6) is 0.215. The molecule has 0 radical (unpaired) electrons. The third kappa shape index (κ3) is 1.31. The molecule has 2 atom stereocenters. The van der Waals surface area contributed by atoms with Gasteiger partial charge in [-0.15, -0.1) is 0 Å². The van der Waals surface area contributed by atoms with Crippen LogP contribution in [0, 0.1) is 5.92 Å². The van der Waals surface area contributed by atoms with Crippen LogP contribution in [0.15, 0.2) is 35.6 Å². The van der Waals surface area contributed by atoms with Gasteiger partial charge in [-0.05, 0) is 0 Å². The summed E-state index contributed by atoms with van der Waals surface area (Å²) >= 11 is 0. The topological polar surface area (TPSA) is 49.3 Å². The number of carbonyl (C=O) groups excluding carboxylic acids is 1. The Kier molecular flexibility index (Phi) is 2.02. The van der Waals surface area contributed by atoms with Crippen molar-refractivity contribution < 1.29 is 9.90 Å². The van der Waals surface area contributed by atoms with E-state index in [9.17, 15) is 4.79 Å². The van der Waals surface area contributed by atoms with E-state index in [2.05, 4.69) is 5.32 Å². The molecule has 2 unspecified atom stereocenters. The standard InChI is InChI=1S/C10H11NO2/c12-5-8-3-1-2-7-4-9(6-13)11-10(7)8/h1-5,7,10-11,13H,6H2. The van der Waals surface area contributed by atoms with Crippen molar-refractivity contribution in [3.8, 4) is 0 Å². The number of nitrogens with one attached hydrogen (secondary N) is 1. The van der Waals surface area contributed by atoms with Crippen molar-refractivity contribution in [3.05, 3.63) is 35.6 Å². The number of hydrogen-bond donors (Lipinski definition) is 2. The Morgan fingerprint density at radius 2 is 2.46 bits per heavy atom. The van der Waals surface area contributed by atoms with Gasteiger partial charge in [-0.25, -0.2) is 0 Å². The second-order valence-corrected chi connectivity index (χ2v) is 3.22. The van der Waals surface area contributed by atoms with E-state index >= 15 is 0 Å². The monoisotopic (exact) mass is 177 g/mol. The summed E-state index contributed by atoms with van der Waals surface area (Å²) in [4.78, 5) is 10.7. The first kappa shape index (κ1) is 8.26. The average Bonchev–Trinajstić information content (AvgIpc) is 2.59. The van der Waals surface area contributed by atoms with Crippen LogP contribution in [0.3, 0.4) is 0 Å². The van der Waals surface area contributed by atoms with Crippen LogP contribution in [-0.4, -0.2) is 24.0 Å². The Morgan fingerprint density at radius 3 is 3.15 bits per heavy atom. The molecule has 3 heteroatoms. The van der Waals surface area contributed by atoms with Gasteiger partial charge in [0.15, 0.2) is 0 Å². The molecule has 0 aromatic heterocycles. The van der Waals surface area contributed by atoms with Gasteiger partial charge in [-0.3, -0.25) is 4.79 Å². The lowest BCUT2D eigenvalue weighted by atomic mass is 9.91. The highest BCUT2D eigenvalue weighted by Crippen LogP contribution is 2.26. The van der Waals surface area contributed by atoms with Crippen molar-refractivity contribution in [2.75, 3.05) is 6.61 Å². The fourth-order valence-corrected chi connectivity index (χ4v) is 1.75.